The van der Waals surface area contributed by atoms with Gasteiger partial charge in [-0.15, -0.1) is 11.3 Å². The molecule has 3 aromatic rings. The van der Waals surface area contributed by atoms with Crippen molar-refractivity contribution < 1.29 is 13.6 Å². The number of benzene rings is 1. The maximum Gasteiger partial charge on any atom is 0.276 e. The summed E-state index contributed by atoms with van der Waals surface area (Å²) in [5.41, 5.74) is 0.865. The molecule has 0 aliphatic carbocycles. The third-order valence-corrected chi connectivity index (χ3v) is 3.96. The Kier molecular flexibility index (Phi) is 3.72. The van der Waals surface area contributed by atoms with Gasteiger partial charge >= 0.3 is 0 Å². The second-order valence-electron chi connectivity index (χ2n) is 4.59. The van der Waals surface area contributed by atoms with E-state index < -0.39 is 17.5 Å². The van der Waals surface area contributed by atoms with Crippen molar-refractivity contribution in [2.75, 3.05) is 5.32 Å². The van der Waals surface area contributed by atoms with Crippen molar-refractivity contribution in [1.29, 1.82) is 0 Å². The summed E-state index contributed by atoms with van der Waals surface area (Å²) < 4.78 is 28.0. The van der Waals surface area contributed by atoms with Crippen molar-refractivity contribution >= 4 is 22.9 Å². The van der Waals surface area contributed by atoms with Crippen LogP contribution in [0.15, 0.2) is 41.8 Å². The van der Waals surface area contributed by atoms with Gasteiger partial charge in [0.2, 0.25) is 0 Å². The van der Waals surface area contributed by atoms with E-state index in [9.17, 15) is 13.6 Å². The van der Waals surface area contributed by atoms with Crippen molar-refractivity contribution in [1.82, 2.24) is 9.78 Å². The standard InChI is InChI=1S/C15H11F2N3OS/c1-20-13(14-3-2-6-22-14)8-12(19-20)15(21)18-11-5-4-9(16)7-10(11)17/h2-8H,1H3,(H,18,21). The number of anilines is 1. The zero-order valence-corrected chi connectivity index (χ0v) is 12.3. The molecule has 0 saturated heterocycles. The van der Waals surface area contributed by atoms with Gasteiger partial charge in [-0.1, -0.05) is 6.07 Å². The molecule has 1 N–H and O–H groups in total. The smallest absolute Gasteiger partial charge is 0.276 e. The van der Waals surface area contributed by atoms with Gasteiger partial charge in [0.05, 0.1) is 16.3 Å². The van der Waals surface area contributed by atoms with Crippen LogP contribution in [0.3, 0.4) is 0 Å². The molecule has 0 radical (unpaired) electrons. The Bertz CT molecular complexity index is 827. The van der Waals surface area contributed by atoms with E-state index in [2.05, 4.69) is 10.4 Å². The highest BCUT2D eigenvalue weighted by molar-refractivity contribution is 7.13. The number of hydrogen-bond donors (Lipinski definition) is 1. The van der Waals surface area contributed by atoms with Crippen LogP contribution in [-0.2, 0) is 7.05 Å². The van der Waals surface area contributed by atoms with E-state index in [1.165, 1.54) is 17.4 Å². The molecule has 1 aromatic carbocycles. The second kappa shape index (κ2) is 5.69. The molecule has 1 amide bonds. The van der Waals surface area contributed by atoms with Crippen LogP contribution in [0.4, 0.5) is 14.5 Å². The average molecular weight is 319 g/mol. The molecule has 0 unspecified atom stereocenters. The zero-order chi connectivity index (χ0) is 15.7. The van der Waals surface area contributed by atoms with Gasteiger partial charge in [0.15, 0.2) is 5.69 Å². The third kappa shape index (κ3) is 2.75. The number of hydrogen-bond acceptors (Lipinski definition) is 3. The maximum absolute atomic E-state index is 13.6. The summed E-state index contributed by atoms with van der Waals surface area (Å²) in [6, 6.07) is 8.41. The van der Waals surface area contributed by atoms with E-state index in [4.69, 9.17) is 0 Å². The van der Waals surface area contributed by atoms with Crippen LogP contribution >= 0.6 is 11.3 Å². The first-order chi connectivity index (χ1) is 10.5. The summed E-state index contributed by atoms with van der Waals surface area (Å²) in [6.45, 7) is 0. The van der Waals surface area contributed by atoms with Crippen LogP contribution in [0.1, 0.15) is 10.5 Å². The zero-order valence-electron chi connectivity index (χ0n) is 11.5. The molecule has 3 rings (SSSR count). The van der Waals surface area contributed by atoms with Crippen molar-refractivity contribution in [3.05, 3.63) is 59.1 Å². The average Bonchev–Trinajstić information content (AvgIpc) is 3.10. The van der Waals surface area contributed by atoms with Crippen LogP contribution in [0.25, 0.3) is 10.6 Å². The number of aromatic nitrogens is 2. The Morgan fingerprint density at radius 1 is 1.27 bits per heavy atom. The normalized spacial score (nSPS) is 10.7. The molecule has 2 aromatic heterocycles. The molecule has 4 nitrogen and oxygen atoms in total. The number of rotatable bonds is 3. The molecule has 0 fully saturated rings. The fourth-order valence-corrected chi connectivity index (χ4v) is 2.78. The predicted octanol–water partition coefficient (Wildman–Crippen LogP) is 3.68. The number of halogens is 2. The first-order valence-electron chi connectivity index (χ1n) is 6.39. The van der Waals surface area contributed by atoms with Gasteiger partial charge in [0, 0.05) is 13.1 Å². The van der Waals surface area contributed by atoms with Crippen LogP contribution in [0.2, 0.25) is 0 Å². The van der Waals surface area contributed by atoms with Crippen LogP contribution in [0, 0.1) is 11.6 Å². The highest BCUT2D eigenvalue weighted by atomic mass is 32.1. The van der Waals surface area contributed by atoms with Crippen LogP contribution in [0.5, 0.6) is 0 Å². The number of thiophene rings is 1. The lowest BCUT2D eigenvalue weighted by Crippen LogP contribution is -2.14. The fourth-order valence-electron chi connectivity index (χ4n) is 2.01. The van der Waals surface area contributed by atoms with Gasteiger partial charge in [-0.2, -0.15) is 5.10 Å². The van der Waals surface area contributed by atoms with Crippen molar-refractivity contribution in [2.45, 2.75) is 0 Å². The Morgan fingerprint density at radius 2 is 2.09 bits per heavy atom. The van der Waals surface area contributed by atoms with Gasteiger partial charge in [-0.3, -0.25) is 9.48 Å². The molecular weight excluding hydrogens is 308 g/mol. The molecule has 2 heterocycles. The largest absolute Gasteiger partial charge is 0.318 e. The highest BCUT2D eigenvalue weighted by Crippen LogP contribution is 2.25. The molecule has 112 valence electrons. The lowest BCUT2D eigenvalue weighted by atomic mass is 10.2. The summed E-state index contributed by atoms with van der Waals surface area (Å²) in [6.07, 6.45) is 0. The van der Waals surface area contributed by atoms with Gasteiger partial charge in [-0.05, 0) is 29.6 Å². The fraction of sp³-hybridized carbons (Fsp3) is 0.0667. The molecule has 7 heteroatoms. The molecule has 0 spiro atoms. The second-order valence-corrected chi connectivity index (χ2v) is 5.54. The quantitative estimate of drug-likeness (QED) is 0.800. The minimum Gasteiger partial charge on any atom is -0.318 e. The van der Waals surface area contributed by atoms with Crippen LogP contribution < -0.4 is 5.32 Å². The first kappa shape index (κ1) is 14.4. The third-order valence-electron chi connectivity index (χ3n) is 3.07. The van der Waals surface area contributed by atoms with Crippen molar-refractivity contribution in [2.24, 2.45) is 7.05 Å². The summed E-state index contributed by atoms with van der Waals surface area (Å²) in [7, 11) is 1.73. The highest BCUT2D eigenvalue weighted by Gasteiger charge is 2.16. The predicted molar refractivity (Wildman–Crippen MR) is 80.8 cm³/mol. The van der Waals surface area contributed by atoms with Crippen molar-refractivity contribution in [3.8, 4) is 10.6 Å². The minimum absolute atomic E-state index is 0.0882. The Morgan fingerprint density at radius 3 is 2.77 bits per heavy atom. The van der Waals surface area contributed by atoms with E-state index in [1.807, 2.05) is 17.5 Å². The minimum atomic E-state index is -0.831. The molecule has 0 atom stereocenters. The Balaban J connectivity index is 1.85. The number of nitrogens with one attached hydrogen (secondary N) is 1. The van der Waals surface area contributed by atoms with Gasteiger partial charge < -0.3 is 5.32 Å². The molecule has 0 saturated carbocycles. The van der Waals surface area contributed by atoms with Crippen LogP contribution in [-0.4, -0.2) is 15.7 Å². The maximum atomic E-state index is 13.6. The van der Waals surface area contributed by atoms with Gasteiger partial charge in [-0.25, -0.2) is 8.78 Å². The molecule has 0 aliphatic rings. The number of amides is 1. The molecule has 22 heavy (non-hydrogen) atoms. The van der Waals surface area contributed by atoms with E-state index in [-0.39, 0.29) is 11.4 Å². The molecule has 0 bridgehead atoms. The van der Waals surface area contributed by atoms with E-state index in [1.54, 1.807) is 17.8 Å². The molecular formula is C15H11F2N3OS. The number of nitrogens with zero attached hydrogens (tertiary/aromatic N) is 2. The first-order valence-corrected chi connectivity index (χ1v) is 7.27. The number of aryl methyl sites for hydroxylation is 1. The Hall–Kier alpha value is -2.54. The van der Waals surface area contributed by atoms with Gasteiger partial charge in [0.1, 0.15) is 11.6 Å². The summed E-state index contributed by atoms with van der Waals surface area (Å²) >= 11 is 1.53. The monoisotopic (exact) mass is 319 g/mol. The van der Waals surface area contributed by atoms with E-state index >= 15 is 0 Å². The lowest BCUT2D eigenvalue weighted by Gasteiger charge is -2.04. The van der Waals surface area contributed by atoms with Crippen molar-refractivity contribution in [3.63, 3.8) is 0 Å². The summed E-state index contributed by atoms with van der Waals surface area (Å²) in [5.74, 6) is -2.08. The molecule has 0 aliphatic heterocycles. The van der Waals surface area contributed by atoms with E-state index in [0.29, 0.717) is 6.07 Å². The number of carbonyl (C=O) groups excluding carboxylic acids is 1. The SMILES string of the molecule is Cn1nc(C(=O)Nc2ccc(F)cc2F)cc1-c1cccs1. The summed E-state index contributed by atoms with van der Waals surface area (Å²) in [4.78, 5) is 13.1. The Labute approximate surface area is 129 Å². The number of carbonyl (C=O) groups is 1. The van der Waals surface area contributed by atoms with E-state index in [0.717, 1.165) is 16.6 Å². The lowest BCUT2D eigenvalue weighted by molar-refractivity contribution is 0.102. The summed E-state index contributed by atoms with van der Waals surface area (Å²) in [5, 5.41) is 8.44. The van der Waals surface area contributed by atoms with Gasteiger partial charge in [0.25, 0.3) is 5.91 Å². The topological polar surface area (TPSA) is 46.9 Å².